The predicted molar refractivity (Wildman–Crippen MR) is 69.1 cm³/mol. The van der Waals surface area contributed by atoms with Crippen molar-refractivity contribution in [2.45, 2.75) is 12.8 Å². The van der Waals surface area contributed by atoms with Gasteiger partial charge in [-0.25, -0.2) is 0 Å². The molecule has 0 atom stereocenters. The molecule has 5 heteroatoms. The maximum Gasteiger partial charge on any atom is 0.254 e. The first kappa shape index (κ1) is 13.0. The second-order valence-corrected chi connectivity index (χ2v) is 4.94. The molecule has 18 heavy (non-hydrogen) atoms. The number of benzene rings is 1. The summed E-state index contributed by atoms with van der Waals surface area (Å²) < 4.78 is 0. The zero-order valence-electron chi connectivity index (χ0n) is 9.97. The molecule has 0 bridgehead atoms. The quantitative estimate of drug-likeness (QED) is 0.809. The highest BCUT2D eigenvalue weighted by molar-refractivity contribution is 6.18. The molecular weight excluding hydrogens is 254 g/mol. The zero-order valence-corrected chi connectivity index (χ0v) is 10.7. The van der Waals surface area contributed by atoms with Gasteiger partial charge in [-0.15, -0.1) is 11.6 Å². The van der Waals surface area contributed by atoms with Gasteiger partial charge >= 0.3 is 0 Å². The summed E-state index contributed by atoms with van der Waals surface area (Å²) in [6.45, 7) is 1.35. The molecule has 0 radical (unpaired) electrons. The number of alkyl halides is 1. The molecule has 1 amide bonds. The lowest BCUT2D eigenvalue weighted by Crippen LogP contribution is -2.38. The fourth-order valence-corrected chi connectivity index (χ4v) is 2.50. The van der Waals surface area contributed by atoms with Crippen LogP contribution >= 0.6 is 11.6 Å². The van der Waals surface area contributed by atoms with Crippen LogP contribution in [-0.4, -0.2) is 40.0 Å². The molecule has 1 heterocycles. The lowest BCUT2D eigenvalue weighted by Gasteiger charge is -2.31. The minimum absolute atomic E-state index is 0.103. The van der Waals surface area contributed by atoms with E-state index in [9.17, 15) is 15.0 Å². The van der Waals surface area contributed by atoms with E-state index in [0.29, 0.717) is 30.5 Å². The minimum Gasteiger partial charge on any atom is -0.508 e. The van der Waals surface area contributed by atoms with Crippen LogP contribution in [0, 0.1) is 5.92 Å². The Bertz CT molecular complexity index is 422. The molecule has 4 nitrogen and oxygen atoms in total. The van der Waals surface area contributed by atoms with E-state index in [1.165, 1.54) is 18.2 Å². The molecule has 0 unspecified atom stereocenters. The topological polar surface area (TPSA) is 60.8 Å². The Balaban J connectivity index is 2.07. The summed E-state index contributed by atoms with van der Waals surface area (Å²) in [5, 5.41) is 18.7. The molecule has 0 saturated carbocycles. The summed E-state index contributed by atoms with van der Waals surface area (Å²) in [5.41, 5.74) is 0.317. The first-order valence-electron chi connectivity index (χ1n) is 5.98. The van der Waals surface area contributed by atoms with Crippen molar-refractivity contribution in [3.8, 4) is 11.5 Å². The van der Waals surface area contributed by atoms with Gasteiger partial charge in [0.1, 0.15) is 11.5 Å². The van der Waals surface area contributed by atoms with Crippen molar-refractivity contribution in [3.05, 3.63) is 23.8 Å². The van der Waals surface area contributed by atoms with Crippen molar-refractivity contribution in [1.82, 2.24) is 4.90 Å². The van der Waals surface area contributed by atoms with Crippen LogP contribution in [0.25, 0.3) is 0 Å². The average molecular weight is 270 g/mol. The van der Waals surface area contributed by atoms with Crippen molar-refractivity contribution < 1.29 is 15.0 Å². The number of aromatic hydroxyl groups is 2. The second kappa shape index (κ2) is 5.48. The number of hydrogen-bond acceptors (Lipinski definition) is 3. The molecular formula is C13H16ClNO3. The van der Waals surface area contributed by atoms with Crippen LogP contribution in [0.4, 0.5) is 0 Å². The molecule has 1 saturated heterocycles. The molecule has 1 aromatic rings. The molecule has 1 aliphatic heterocycles. The Kier molecular flexibility index (Phi) is 3.97. The highest BCUT2D eigenvalue weighted by atomic mass is 35.5. The number of halogens is 1. The third-order valence-corrected chi connectivity index (χ3v) is 3.71. The summed E-state index contributed by atoms with van der Waals surface area (Å²) in [4.78, 5) is 13.9. The van der Waals surface area contributed by atoms with E-state index in [-0.39, 0.29) is 17.4 Å². The molecule has 0 spiro atoms. The number of carbonyl (C=O) groups excluding carboxylic acids is 1. The van der Waals surface area contributed by atoms with Crippen molar-refractivity contribution in [1.29, 1.82) is 0 Å². The number of phenols is 2. The molecule has 2 N–H and O–H groups in total. The molecule has 1 fully saturated rings. The van der Waals surface area contributed by atoms with Crippen molar-refractivity contribution in [2.24, 2.45) is 5.92 Å². The van der Waals surface area contributed by atoms with Crippen LogP contribution in [0.3, 0.4) is 0 Å². The smallest absolute Gasteiger partial charge is 0.254 e. The van der Waals surface area contributed by atoms with Gasteiger partial charge in [-0.3, -0.25) is 4.79 Å². The van der Waals surface area contributed by atoms with E-state index in [2.05, 4.69) is 0 Å². The molecule has 2 rings (SSSR count). The van der Waals surface area contributed by atoms with E-state index >= 15 is 0 Å². The van der Waals surface area contributed by atoms with Crippen molar-refractivity contribution >= 4 is 17.5 Å². The fraction of sp³-hybridized carbons (Fsp3) is 0.462. The van der Waals surface area contributed by atoms with Gasteiger partial charge in [-0.2, -0.15) is 0 Å². The highest BCUT2D eigenvalue weighted by Gasteiger charge is 2.23. The predicted octanol–water partition coefficient (Wildman–Crippen LogP) is 2.19. The van der Waals surface area contributed by atoms with Crippen LogP contribution in [-0.2, 0) is 0 Å². The Morgan fingerprint density at radius 1 is 1.22 bits per heavy atom. The van der Waals surface area contributed by atoms with E-state index in [0.717, 1.165) is 12.8 Å². The summed E-state index contributed by atoms with van der Waals surface area (Å²) in [6, 6.07) is 3.95. The Morgan fingerprint density at radius 3 is 2.28 bits per heavy atom. The molecule has 1 aromatic carbocycles. The summed E-state index contributed by atoms with van der Waals surface area (Å²) in [7, 11) is 0. The van der Waals surface area contributed by atoms with Crippen molar-refractivity contribution in [3.63, 3.8) is 0 Å². The van der Waals surface area contributed by atoms with Gasteiger partial charge in [-0.1, -0.05) is 0 Å². The van der Waals surface area contributed by atoms with Crippen LogP contribution in [0.15, 0.2) is 18.2 Å². The average Bonchev–Trinajstić information content (AvgIpc) is 2.37. The lowest BCUT2D eigenvalue weighted by atomic mass is 9.98. The third kappa shape index (κ3) is 2.88. The number of nitrogens with zero attached hydrogens (tertiary/aromatic N) is 1. The fourth-order valence-electron chi connectivity index (χ4n) is 2.19. The highest BCUT2D eigenvalue weighted by Crippen LogP contribution is 2.24. The van der Waals surface area contributed by atoms with Gasteiger partial charge in [0.15, 0.2) is 0 Å². The Labute approximate surface area is 111 Å². The Hall–Kier alpha value is -1.42. The number of phenolic OH excluding ortho intramolecular Hbond substituents is 2. The van der Waals surface area contributed by atoms with Gasteiger partial charge < -0.3 is 15.1 Å². The number of piperidine rings is 1. The zero-order chi connectivity index (χ0) is 13.1. The van der Waals surface area contributed by atoms with Crippen LogP contribution in [0.2, 0.25) is 0 Å². The largest absolute Gasteiger partial charge is 0.508 e. The SMILES string of the molecule is O=C(c1cc(O)cc(O)c1)N1CCC(CCl)CC1. The maximum atomic E-state index is 12.2. The van der Waals surface area contributed by atoms with Crippen LogP contribution in [0.5, 0.6) is 11.5 Å². The number of rotatable bonds is 2. The van der Waals surface area contributed by atoms with Gasteiger partial charge in [0, 0.05) is 30.6 Å². The Morgan fingerprint density at radius 2 is 1.78 bits per heavy atom. The van der Waals surface area contributed by atoms with E-state index in [1.54, 1.807) is 4.90 Å². The van der Waals surface area contributed by atoms with Crippen molar-refractivity contribution in [2.75, 3.05) is 19.0 Å². The van der Waals surface area contributed by atoms with E-state index in [4.69, 9.17) is 11.6 Å². The number of likely N-dealkylation sites (tertiary alicyclic amines) is 1. The standard InChI is InChI=1S/C13H16ClNO3/c14-8-9-1-3-15(4-2-9)13(18)10-5-11(16)7-12(17)6-10/h5-7,9,16-17H,1-4,8H2. The van der Waals surface area contributed by atoms with Gasteiger partial charge in [-0.05, 0) is 30.9 Å². The number of hydrogen-bond donors (Lipinski definition) is 2. The molecule has 98 valence electrons. The molecule has 0 aliphatic carbocycles. The minimum atomic E-state index is -0.158. The monoisotopic (exact) mass is 269 g/mol. The van der Waals surface area contributed by atoms with E-state index in [1.807, 2.05) is 0 Å². The summed E-state index contributed by atoms with van der Waals surface area (Å²) in [5.74, 6) is 0.750. The van der Waals surface area contributed by atoms with E-state index < -0.39 is 0 Å². The first-order valence-corrected chi connectivity index (χ1v) is 6.52. The van der Waals surface area contributed by atoms with Gasteiger partial charge in [0.05, 0.1) is 0 Å². The molecule has 1 aliphatic rings. The maximum absolute atomic E-state index is 12.2. The number of amides is 1. The first-order chi connectivity index (χ1) is 8.60. The van der Waals surface area contributed by atoms with Crippen LogP contribution < -0.4 is 0 Å². The third-order valence-electron chi connectivity index (χ3n) is 3.27. The second-order valence-electron chi connectivity index (χ2n) is 4.63. The molecule has 0 aromatic heterocycles. The van der Waals surface area contributed by atoms with Gasteiger partial charge in [0.2, 0.25) is 0 Å². The summed E-state index contributed by atoms with van der Waals surface area (Å²) in [6.07, 6.45) is 1.81. The van der Waals surface area contributed by atoms with Gasteiger partial charge in [0.25, 0.3) is 5.91 Å². The lowest BCUT2D eigenvalue weighted by molar-refractivity contribution is 0.0697. The van der Waals surface area contributed by atoms with Crippen LogP contribution in [0.1, 0.15) is 23.2 Å². The normalized spacial score (nSPS) is 16.8. The number of carbonyl (C=O) groups is 1. The summed E-state index contributed by atoms with van der Waals surface area (Å²) >= 11 is 5.80.